The Labute approximate surface area is 147 Å². The van der Waals surface area contributed by atoms with Crippen LogP contribution in [0.1, 0.15) is 17.2 Å². The summed E-state index contributed by atoms with van der Waals surface area (Å²) in [5.74, 6) is 0. The lowest BCUT2D eigenvalue weighted by Crippen LogP contribution is -2.45. The number of para-hydroxylation sites is 1. The molecule has 3 nitrogen and oxygen atoms in total. The lowest BCUT2D eigenvalue weighted by Gasteiger charge is -2.36. The molecular weight excluding hydrogens is 318 g/mol. The second-order valence-corrected chi connectivity index (χ2v) is 6.60. The second kappa shape index (κ2) is 6.89. The lowest BCUT2D eigenvalue weighted by molar-refractivity contribution is 0.199. The molecule has 4 rings (SSSR count). The molecule has 0 saturated carbocycles. The Morgan fingerprint density at radius 3 is 2.67 bits per heavy atom. The van der Waals surface area contributed by atoms with Crippen molar-refractivity contribution in [2.45, 2.75) is 6.04 Å². The monoisotopic (exact) mass is 337 g/mol. The first kappa shape index (κ1) is 15.6. The molecule has 1 aromatic heterocycles. The molecule has 1 fully saturated rings. The molecule has 1 N–H and O–H groups in total. The first-order chi connectivity index (χ1) is 11.8. The van der Waals surface area contributed by atoms with Crippen molar-refractivity contribution < 1.29 is 0 Å². The highest BCUT2D eigenvalue weighted by Gasteiger charge is 2.25. The van der Waals surface area contributed by atoms with Crippen molar-refractivity contribution in [1.29, 1.82) is 0 Å². The number of aromatic nitrogens is 1. The fourth-order valence-corrected chi connectivity index (χ4v) is 3.76. The van der Waals surface area contributed by atoms with Gasteiger partial charge >= 0.3 is 0 Å². The van der Waals surface area contributed by atoms with Crippen LogP contribution in [-0.2, 0) is 0 Å². The molecule has 1 aliphatic rings. The van der Waals surface area contributed by atoms with Crippen molar-refractivity contribution >= 4 is 22.5 Å². The van der Waals surface area contributed by atoms with Gasteiger partial charge < -0.3 is 5.32 Å². The number of nitrogens with one attached hydrogen (secondary N) is 1. The van der Waals surface area contributed by atoms with E-state index in [0.717, 1.165) is 36.7 Å². The van der Waals surface area contributed by atoms with E-state index in [1.807, 2.05) is 24.4 Å². The minimum absolute atomic E-state index is 0.193. The smallest absolute Gasteiger partial charge is 0.0705 e. The number of fused-ring (bicyclic) bond motifs is 1. The Balaban J connectivity index is 1.88. The van der Waals surface area contributed by atoms with Crippen LogP contribution in [0.25, 0.3) is 10.9 Å². The number of hydrogen-bond acceptors (Lipinski definition) is 3. The largest absolute Gasteiger partial charge is 0.314 e. The van der Waals surface area contributed by atoms with E-state index < -0.39 is 0 Å². The quantitative estimate of drug-likeness (QED) is 0.786. The zero-order valence-electron chi connectivity index (χ0n) is 13.5. The predicted molar refractivity (Wildman–Crippen MR) is 99.5 cm³/mol. The molecule has 2 heterocycles. The van der Waals surface area contributed by atoms with Crippen molar-refractivity contribution in [2.24, 2.45) is 0 Å². The van der Waals surface area contributed by atoms with E-state index >= 15 is 0 Å². The summed E-state index contributed by atoms with van der Waals surface area (Å²) in [7, 11) is 0. The highest BCUT2D eigenvalue weighted by molar-refractivity contribution is 6.30. The summed E-state index contributed by atoms with van der Waals surface area (Å²) in [6.45, 7) is 4.07. The highest BCUT2D eigenvalue weighted by Crippen LogP contribution is 2.34. The number of hydrogen-bond donors (Lipinski definition) is 1. The molecule has 0 bridgehead atoms. The first-order valence-electron chi connectivity index (χ1n) is 8.37. The fourth-order valence-electron chi connectivity index (χ4n) is 3.56. The van der Waals surface area contributed by atoms with Crippen LogP contribution in [0.2, 0.25) is 5.02 Å². The molecule has 1 aliphatic heterocycles. The highest BCUT2D eigenvalue weighted by atomic mass is 35.5. The molecule has 24 heavy (non-hydrogen) atoms. The van der Waals surface area contributed by atoms with Crippen LogP contribution in [-0.4, -0.2) is 36.1 Å². The SMILES string of the molecule is Clc1cccc(C(c2ccnc3ccccc23)N2CCNCC2)c1. The van der Waals surface area contributed by atoms with Gasteiger partial charge in [0, 0.05) is 42.8 Å². The molecule has 3 aromatic rings. The van der Waals surface area contributed by atoms with Crippen LogP contribution in [0.3, 0.4) is 0 Å². The topological polar surface area (TPSA) is 28.2 Å². The zero-order chi connectivity index (χ0) is 16.4. The van der Waals surface area contributed by atoms with Gasteiger partial charge in [-0.1, -0.05) is 41.9 Å². The summed E-state index contributed by atoms with van der Waals surface area (Å²) >= 11 is 6.29. The summed E-state index contributed by atoms with van der Waals surface area (Å²) in [4.78, 5) is 7.06. The summed E-state index contributed by atoms with van der Waals surface area (Å²) < 4.78 is 0. The minimum atomic E-state index is 0.193. The van der Waals surface area contributed by atoms with Gasteiger partial charge in [0.1, 0.15) is 0 Å². The van der Waals surface area contributed by atoms with Crippen molar-refractivity contribution in [3.63, 3.8) is 0 Å². The Kier molecular flexibility index (Phi) is 4.48. The van der Waals surface area contributed by atoms with E-state index in [9.17, 15) is 0 Å². The summed E-state index contributed by atoms with van der Waals surface area (Å²) in [5, 5.41) is 5.44. The van der Waals surface area contributed by atoms with Gasteiger partial charge in [-0.25, -0.2) is 0 Å². The average Bonchev–Trinajstić information content (AvgIpc) is 2.63. The van der Waals surface area contributed by atoms with Gasteiger partial charge in [0.15, 0.2) is 0 Å². The van der Waals surface area contributed by atoms with Crippen molar-refractivity contribution in [3.05, 3.63) is 76.9 Å². The normalized spacial score (nSPS) is 17.0. The molecule has 4 heteroatoms. The van der Waals surface area contributed by atoms with Crippen LogP contribution in [0.15, 0.2) is 60.8 Å². The van der Waals surface area contributed by atoms with Crippen molar-refractivity contribution in [1.82, 2.24) is 15.2 Å². The van der Waals surface area contributed by atoms with Crippen LogP contribution < -0.4 is 5.32 Å². The van der Waals surface area contributed by atoms with E-state index in [2.05, 4.69) is 51.6 Å². The van der Waals surface area contributed by atoms with E-state index in [0.29, 0.717) is 0 Å². The number of halogens is 1. The molecular formula is C20H20ClN3. The predicted octanol–water partition coefficient (Wildman–Crippen LogP) is 3.88. The van der Waals surface area contributed by atoms with Crippen molar-refractivity contribution in [3.8, 4) is 0 Å². The number of nitrogens with zero attached hydrogens (tertiary/aromatic N) is 2. The van der Waals surface area contributed by atoms with Crippen LogP contribution in [0.5, 0.6) is 0 Å². The van der Waals surface area contributed by atoms with Gasteiger partial charge in [0.05, 0.1) is 11.6 Å². The van der Waals surface area contributed by atoms with E-state index in [1.165, 1.54) is 16.5 Å². The molecule has 1 atom stereocenters. The molecule has 0 radical (unpaired) electrons. The Hall–Kier alpha value is -1.94. The Bertz CT molecular complexity index is 838. The molecule has 0 aliphatic carbocycles. The molecule has 0 amide bonds. The van der Waals surface area contributed by atoms with Gasteiger partial charge in [-0.05, 0) is 35.4 Å². The Morgan fingerprint density at radius 2 is 1.83 bits per heavy atom. The standard InChI is InChI=1S/C20H20ClN3/c21-16-5-3-4-15(14-16)20(24-12-10-22-11-13-24)18-8-9-23-19-7-2-1-6-17(18)19/h1-9,14,20,22H,10-13H2. The number of benzene rings is 2. The Morgan fingerprint density at radius 1 is 1.00 bits per heavy atom. The van der Waals surface area contributed by atoms with Crippen molar-refractivity contribution in [2.75, 3.05) is 26.2 Å². The third kappa shape index (κ3) is 3.03. The van der Waals surface area contributed by atoms with Crippen LogP contribution >= 0.6 is 11.6 Å². The maximum atomic E-state index is 6.29. The summed E-state index contributed by atoms with van der Waals surface area (Å²) in [5.41, 5.74) is 3.57. The lowest BCUT2D eigenvalue weighted by atomic mass is 9.94. The average molecular weight is 338 g/mol. The molecule has 2 aromatic carbocycles. The zero-order valence-corrected chi connectivity index (χ0v) is 14.2. The number of rotatable bonds is 3. The van der Waals surface area contributed by atoms with Gasteiger partial charge in [-0.3, -0.25) is 9.88 Å². The maximum Gasteiger partial charge on any atom is 0.0705 e. The fraction of sp³-hybridized carbons (Fsp3) is 0.250. The number of pyridine rings is 1. The van der Waals surface area contributed by atoms with Gasteiger partial charge in [0.25, 0.3) is 0 Å². The maximum absolute atomic E-state index is 6.29. The molecule has 0 spiro atoms. The van der Waals surface area contributed by atoms with Gasteiger partial charge in [-0.15, -0.1) is 0 Å². The number of piperazine rings is 1. The molecule has 1 unspecified atom stereocenters. The first-order valence-corrected chi connectivity index (χ1v) is 8.74. The van der Waals surface area contributed by atoms with E-state index in [1.54, 1.807) is 0 Å². The molecule has 122 valence electrons. The summed E-state index contributed by atoms with van der Waals surface area (Å²) in [6.07, 6.45) is 1.91. The second-order valence-electron chi connectivity index (χ2n) is 6.16. The van der Waals surface area contributed by atoms with Gasteiger partial charge in [-0.2, -0.15) is 0 Å². The molecule has 1 saturated heterocycles. The van der Waals surface area contributed by atoms with Crippen LogP contribution in [0.4, 0.5) is 0 Å². The van der Waals surface area contributed by atoms with E-state index in [-0.39, 0.29) is 6.04 Å². The third-order valence-electron chi connectivity index (χ3n) is 4.66. The minimum Gasteiger partial charge on any atom is -0.314 e. The summed E-state index contributed by atoms with van der Waals surface area (Å²) in [6, 6.07) is 18.9. The van der Waals surface area contributed by atoms with Gasteiger partial charge in [0.2, 0.25) is 0 Å². The third-order valence-corrected chi connectivity index (χ3v) is 4.89. The van der Waals surface area contributed by atoms with E-state index in [4.69, 9.17) is 11.6 Å². The van der Waals surface area contributed by atoms with Crippen LogP contribution in [0, 0.1) is 0 Å².